The molecule has 7 nitrogen and oxygen atoms in total. The van der Waals surface area contributed by atoms with E-state index >= 15 is 0 Å². The van der Waals surface area contributed by atoms with Crippen molar-refractivity contribution >= 4 is 11.7 Å². The maximum atomic E-state index is 13.3. The van der Waals surface area contributed by atoms with Gasteiger partial charge in [-0.15, -0.1) is 0 Å². The van der Waals surface area contributed by atoms with Crippen molar-refractivity contribution < 1.29 is 14.7 Å². The lowest BCUT2D eigenvalue weighted by Gasteiger charge is -2.43. The molecule has 0 radical (unpaired) electrons. The first-order chi connectivity index (χ1) is 15.2. The van der Waals surface area contributed by atoms with Gasteiger partial charge in [0.1, 0.15) is 11.6 Å². The van der Waals surface area contributed by atoms with Gasteiger partial charge in [0.05, 0.1) is 23.3 Å². The zero-order valence-electron chi connectivity index (χ0n) is 17.9. The Morgan fingerprint density at radius 2 is 1.81 bits per heavy atom. The number of hydrogen-bond donors (Lipinski definition) is 3. The molecule has 162 valence electrons. The number of carbonyl (C=O) groups is 2. The second kappa shape index (κ2) is 7.89. The average molecular weight is 428 g/mol. The van der Waals surface area contributed by atoms with Crippen molar-refractivity contribution in [3.63, 3.8) is 0 Å². The van der Waals surface area contributed by atoms with E-state index in [1.165, 1.54) is 29.3 Å². The Kier molecular flexibility index (Phi) is 5.23. The van der Waals surface area contributed by atoms with E-state index in [9.17, 15) is 20.0 Å². The van der Waals surface area contributed by atoms with Crippen molar-refractivity contribution in [2.75, 3.05) is 0 Å². The molecule has 2 aromatic carbocycles. The van der Waals surface area contributed by atoms with Crippen molar-refractivity contribution in [2.24, 2.45) is 11.1 Å². The van der Waals surface area contributed by atoms with Crippen LogP contribution in [0.3, 0.4) is 0 Å². The lowest BCUT2D eigenvalue weighted by molar-refractivity contribution is -0.118. The van der Waals surface area contributed by atoms with Gasteiger partial charge in [0.15, 0.2) is 5.78 Å². The second-order valence-electron chi connectivity index (χ2n) is 8.88. The first-order valence-electron chi connectivity index (χ1n) is 10.3. The number of carbonyl (C=O) groups excluding carboxylic acids is 2. The smallest absolute Gasteiger partial charge is 0.270 e. The largest absolute Gasteiger partial charge is 0.508 e. The van der Waals surface area contributed by atoms with Crippen LogP contribution in [-0.2, 0) is 4.79 Å². The summed E-state index contributed by atoms with van der Waals surface area (Å²) in [4.78, 5) is 26.3. The third kappa shape index (κ3) is 3.71. The van der Waals surface area contributed by atoms with E-state index in [-0.39, 0.29) is 28.3 Å². The van der Waals surface area contributed by atoms with Gasteiger partial charge in [0.25, 0.3) is 5.91 Å². The number of hydrazine groups is 1. The fourth-order valence-corrected chi connectivity index (χ4v) is 4.39. The third-order valence-electron chi connectivity index (χ3n) is 5.86. The molecular formula is C25H24N4O3. The van der Waals surface area contributed by atoms with Crippen LogP contribution in [0.2, 0.25) is 0 Å². The Bertz CT molecular complexity index is 1190. The summed E-state index contributed by atoms with van der Waals surface area (Å²) in [6, 6.07) is 17.3. The van der Waals surface area contributed by atoms with Gasteiger partial charge in [0, 0.05) is 17.6 Å². The number of benzene rings is 2. The van der Waals surface area contributed by atoms with E-state index in [1.807, 2.05) is 44.2 Å². The van der Waals surface area contributed by atoms with Gasteiger partial charge >= 0.3 is 0 Å². The topological polar surface area (TPSA) is 119 Å². The van der Waals surface area contributed by atoms with Crippen LogP contribution in [0.4, 0.5) is 0 Å². The lowest BCUT2D eigenvalue weighted by atomic mass is 9.69. The van der Waals surface area contributed by atoms with Crippen LogP contribution in [0, 0.1) is 16.7 Å². The van der Waals surface area contributed by atoms with Crippen molar-refractivity contribution in [1.29, 1.82) is 5.26 Å². The predicted molar refractivity (Wildman–Crippen MR) is 118 cm³/mol. The van der Waals surface area contributed by atoms with Crippen LogP contribution < -0.4 is 11.2 Å². The van der Waals surface area contributed by atoms with Crippen LogP contribution in [-0.4, -0.2) is 21.8 Å². The molecule has 2 aromatic rings. The first kappa shape index (κ1) is 21.2. The zero-order valence-corrected chi connectivity index (χ0v) is 17.9. The number of nitrogens with one attached hydrogen (secondary N) is 1. The van der Waals surface area contributed by atoms with Crippen LogP contribution in [0.5, 0.6) is 5.75 Å². The molecule has 1 aliphatic heterocycles. The molecule has 1 atom stereocenters. The maximum Gasteiger partial charge on any atom is 0.270 e. The van der Waals surface area contributed by atoms with Gasteiger partial charge in [-0.05, 0) is 41.7 Å². The fourth-order valence-electron chi connectivity index (χ4n) is 4.39. The summed E-state index contributed by atoms with van der Waals surface area (Å²) >= 11 is 0. The predicted octanol–water partition coefficient (Wildman–Crippen LogP) is 3.47. The van der Waals surface area contributed by atoms with Crippen LogP contribution in [0.15, 0.2) is 77.3 Å². The number of nitrogens with two attached hydrogens (primary N) is 1. The molecule has 1 aliphatic carbocycles. The molecule has 1 unspecified atom stereocenters. The molecule has 0 spiro atoms. The highest BCUT2D eigenvalue weighted by Gasteiger charge is 2.44. The first-order valence-corrected chi connectivity index (χ1v) is 10.3. The number of rotatable bonds is 3. The van der Waals surface area contributed by atoms with E-state index < -0.39 is 11.8 Å². The summed E-state index contributed by atoms with van der Waals surface area (Å²) in [6.45, 7) is 3.98. The molecule has 0 aromatic heterocycles. The summed E-state index contributed by atoms with van der Waals surface area (Å²) < 4.78 is 0. The molecule has 7 heteroatoms. The molecule has 0 fully saturated rings. The lowest BCUT2D eigenvalue weighted by Crippen LogP contribution is -2.49. The number of hydrogen-bond acceptors (Lipinski definition) is 6. The number of nitrogens with zero attached hydrogens (tertiary/aromatic N) is 2. The maximum absolute atomic E-state index is 13.3. The molecule has 1 amide bonds. The van der Waals surface area contributed by atoms with Crippen molar-refractivity contribution in [3.8, 4) is 11.8 Å². The number of nitriles is 1. The zero-order chi connectivity index (χ0) is 23.0. The Labute approximate surface area is 186 Å². The van der Waals surface area contributed by atoms with E-state index in [2.05, 4.69) is 11.5 Å². The van der Waals surface area contributed by atoms with Crippen LogP contribution in [0.1, 0.15) is 48.5 Å². The van der Waals surface area contributed by atoms with Gasteiger partial charge < -0.3 is 10.8 Å². The highest BCUT2D eigenvalue weighted by Crippen LogP contribution is 2.48. The fraction of sp³-hybridized carbons (Fsp3) is 0.240. The molecule has 0 saturated heterocycles. The number of ketones is 1. The third-order valence-corrected chi connectivity index (χ3v) is 5.86. The minimum Gasteiger partial charge on any atom is -0.508 e. The van der Waals surface area contributed by atoms with Gasteiger partial charge in [-0.3, -0.25) is 15.0 Å². The van der Waals surface area contributed by atoms with E-state index in [0.717, 1.165) is 5.56 Å². The average Bonchev–Trinajstić information content (AvgIpc) is 2.75. The van der Waals surface area contributed by atoms with Crippen molar-refractivity contribution in [3.05, 3.63) is 88.4 Å². The summed E-state index contributed by atoms with van der Waals surface area (Å²) in [5.74, 6) is -0.972. The van der Waals surface area contributed by atoms with Gasteiger partial charge in [-0.2, -0.15) is 5.26 Å². The summed E-state index contributed by atoms with van der Waals surface area (Å²) in [5, 5.41) is 20.9. The van der Waals surface area contributed by atoms with Crippen LogP contribution in [0.25, 0.3) is 0 Å². The molecule has 4 rings (SSSR count). The highest BCUT2D eigenvalue weighted by molar-refractivity contribution is 6.01. The van der Waals surface area contributed by atoms with Crippen molar-refractivity contribution in [1.82, 2.24) is 10.4 Å². The molecule has 2 aliphatic rings. The number of Topliss-reactive ketones (excluding diaryl/α,β-unsaturated/α-hetero) is 1. The van der Waals surface area contributed by atoms with E-state index in [0.29, 0.717) is 29.7 Å². The molecule has 4 N–H and O–H groups in total. The number of aromatic hydroxyl groups is 1. The molecular weight excluding hydrogens is 404 g/mol. The Hall–Kier alpha value is -4.05. The molecule has 0 bridgehead atoms. The minimum atomic E-state index is -0.582. The number of amides is 1. The Morgan fingerprint density at radius 1 is 1.16 bits per heavy atom. The standard InChI is InChI=1S/C25H24N4O3/c1-25(2)12-19-22(20(31)13-25)21(15-6-4-3-5-7-15)18(14-26)23(27)29(19)28-24(32)16-8-10-17(30)11-9-16/h3-11,21,30H,12-13,27H2,1-2H3,(H,28,32). The molecule has 32 heavy (non-hydrogen) atoms. The Morgan fingerprint density at radius 3 is 2.44 bits per heavy atom. The SMILES string of the molecule is CC1(C)CC(=O)C2=C(C1)N(NC(=O)c1ccc(O)cc1)C(N)=C(C#N)C2c1ccccc1. The van der Waals surface area contributed by atoms with Gasteiger partial charge in [-0.1, -0.05) is 44.2 Å². The van der Waals surface area contributed by atoms with Crippen LogP contribution >= 0.6 is 0 Å². The second-order valence-corrected chi connectivity index (χ2v) is 8.88. The van der Waals surface area contributed by atoms with E-state index in [4.69, 9.17) is 5.73 Å². The summed E-state index contributed by atoms with van der Waals surface area (Å²) in [6.07, 6.45) is 0.847. The highest BCUT2D eigenvalue weighted by atomic mass is 16.3. The number of allylic oxidation sites excluding steroid dienone is 3. The van der Waals surface area contributed by atoms with Gasteiger partial charge in [-0.25, -0.2) is 5.01 Å². The van der Waals surface area contributed by atoms with E-state index in [1.54, 1.807) is 0 Å². The number of phenols is 1. The minimum absolute atomic E-state index is 0.0426. The van der Waals surface area contributed by atoms with Gasteiger partial charge in [0.2, 0.25) is 0 Å². The summed E-state index contributed by atoms with van der Waals surface area (Å²) in [7, 11) is 0. The monoisotopic (exact) mass is 428 g/mol. The quantitative estimate of drug-likeness (QED) is 0.689. The summed E-state index contributed by atoms with van der Waals surface area (Å²) in [5.41, 5.74) is 11.3. The number of phenolic OH excluding ortho intramolecular Hbond substituents is 1. The molecule has 0 saturated carbocycles. The normalized spacial score (nSPS) is 20.0. The van der Waals surface area contributed by atoms with Crippen molar-refractivity contribution in [2.45, 2.75) is 32.6 Å². The molecule has 1 heterocycles. The Balaban J connectivity index is 1.84.